The molecule has 3 nitrogen and oxygen atoms in total. The first-order valence-electron chi connectivity index (χ1n) is 7.05. The van der Waals surface area contributed by atoms with Gasteiger partial charge in [-0.15, -0.1) is 0 Å². The molecular weight excluding hydrogens is 238 g/mol. The maximum atomic E-state index is 11.8. The number of aliphatic hydroxyl groups is 1. The maximum Gasteiger partial charge on any atom is 0.222 e. The van der Waals surface area contributed by atoms with Crippen molar-refractivity contribution in [3.8, 4) is 0 Å². The zero-order valence-electron chi connectivity index (χ0n) is 12.1. The molecule has 1 rings (SSSR count). The lowest BCUT2D eigenvalue weighted by Crippen LogP contribution is -2.33. The van der Waals surface area contributed by atoms with E-state index in [0.717, 1.165) is 12.0 Å². The molecule has 3 unspecified atom stereocenters. The Hall–Kier alpha value is -1.35. The third-order valence-corrected chi connectivity index (χ3v) is 3.48. The minimum atomic E-state index is -0.370. The molecule has 1 amide bonds. The lowest BCUT2D eigenvalue weighted by Gasteiger charge is -2.20. The molecule has 2 N–H and O–H groups in total. The second kappa shape index (κ2) is 7.95. The van der Waals surface area contributed by atoms with E-state index in [1.807, 2.05) is 44.2 Å². The largest absolute Gasteiger partial charge is 0.393 e. The molecule has 0 aromatic heterocycles. The normalized spacial score (nSPS) is 15.6. The van der Waals surface area contributed by atoms with Gasteiger partial charge in [0.05, 0.1) is 6.10 Å². The highest BCUT2D eigenvalue weighted by molar-refractivity contribution is 5.78. The summed E-state index contributed by atoms with van der Waals surface area (Å²) in [6.07, 6.45) is 1.13. The standard InChI is InChI=1S/C16H25NO2/c1-4-12(2)16(19)17-11-15(10-13(3)18)14-8-6-5-7-9-14/h5-9,12-13,15,18H,4,10-11H2,1-3H3,(H,17,19). The summed E-state index contributed by atoms with van der Waals surface area (Å²) >= 11 is 0. The highest BCUT2D eigenvalue weighted by Gasteiger charge is 2.17. The van der Waals surface area contributed by atoms with Crippen molar-refractivity contribution < 1.29 is 9.90 Å². The van der Waals surface area contributed by atoms with E-state index in [1.54, 1.807) is 6.92 Å². The average Bonchev–Trinajstić information content (AvgIpc) is 2.42. The van der Waals surface area contributed by atoms with Gasteiger partial charge in [-0.05, 0) is 25.3 Å². The molecule has 19 heavy (non-hydrogen) atoms. The number of aliphatic hydroxyl groups excluding tert-OH is 1. The summed E-state index contributed by atoms with van der Waals surface area (Å²) in [6, 6.07) is 10.0. The summed E-state index contributed by atoms with van der Waals surface area (Å²) in [5.41, 5.74) is 1.16. The molecule has 0 spiro atoms. The van der Waals surface area contributed by atoms with Crippen LogP contribution < -0.4 is 5.32 Å². The van der Waals surface area contributed by atoms with E-state index in [4.69, 9.17) is 0 Å². The fraction of sp³-hybridized carbons (Fsp3) is 0.562. The van der Waals surface area contributed by atoms with Crippen LogP contribution in [-0.2, 0) is 4.79 Å². The Morgan fingerprint density at radius 3 is 2.42 bits per heavy atom. The van der Waals surface area contributed by atoms with Crippen molar-refractivity contribution in [3.63, 3.8) is 0 Å². The van der Waals surface area contributed by atoms with Crippen LogP contribution in [0.25, 0.3) is 0 Å². The number of rotatable bonds is 7. The van der Waals surface area contributed by atoms with Crippen molar-refractivity contribution >= 4 is 5.91 Å². The molecule has 1 aromatic carbocycles. The van der Waals surface area contributed by atoms with Gasteiger partial charge in [-0.2, -0.15) is 0 Å². The molecule has 0 saturated carbocycles. The monoisotopic (exact) mass is 263 g/mol. The first-order valence-corrected chi connectivity index (χ1v) is 7.05. The predicted molar refractivity (Wildman–Crippen MR) is 77.9 cm³/mol. The van der Waals surface area contributed by atoms with Crippen LogP contribution in [-0.4, -0.2) is 23.7 Å². The van der Waals surface area contributed by atoms with Gasteiger partial charge in [0.2, 0.25) is 5.91 Å². The Morgan fingerprint density at radius 1 is 1.26 bits per heavy atom. The van der Waals surface area contributed by atoms with Crippen LogP contribution in [0.1, 0.15) is 45.1 Å². The van der Waals surface area contributed by atoms with Gasteiger partial charge in [0.1, 0.15) is 0 Å². The molecule has 3 atom stereocenters. The van der Waals surface area contributed by atoms with Crippen LogP contribution in [0.2, 0.25) is 0 Å². The maximum absolute atomic E-state index is 11.8. The molecular formula is C16H25NO2. The van der Waals surface area contributed by atoms with Gasteiger partial charge < -0.3 is 10.4 Å². The number of hydrogen-bond donors (Lipinski definition) is 2. The van der Waals surface area contributed by atoms with Crippen LogP contribution in [0.5, 0.6) is 0 Å². The topological polar surface area (TPSA) is 49.3 Å². The fourth-order valence-corrected chi connectivity index (χ4v) is 2.06. The Balaban J connectivity index is 2.63. The summed E-state index contributed by atoms with van der Waals surface area (Å²) in [6.45, 7) is 6.31. The average molecular weight is 263 g/mol. The molecule has 106 valence electrons. The van der Waals surface area contributed by atoms with Crippen molar-refractivity contribution in [2.75, 3.05) is 6.54 Å². The zero-order valence-corrected chi connectivity index (χ0v) is 12.1. The third kappa shape index (κ3) is 5.43. The van der Waals surface area contributed by atoms with Gasteiger partial charge in [-0.25, -0.2) is 0 Å². The predicted octanol–water partition coefficient (Wildman–Crippen LogP) is 2.70. The Bertz CT molecular complexity index is 376. The molecule has 0 bridgehead atoms. The molecule has 0 fully saturated rings. The van der Waals surface area contributed by atoms with Crippen molar-refractivity contribution in [3.05, 3.63) is 35.9 Å². The van der Waals surface area contributed by atoms with E-state index >= 15 is 0 Å². The van der Waals surface area contributed by atoms with Crippen LogP contribution in [0.15, 0.2) is 30.3 Å². The number of hydrogen-bond acceptors (Lipinski definition) is 2. The smallest absolute Gasteiger partial charge is 0.222 e. The molecule has 0 aliphatic carbocycles. The molecule has 1 aromatic rings. The molecule has 0 aliphatic heterocycles. The highest BCUT2D eigenvalue weighted by Crippen LogP contribution is 2.20. The Kier molecular flexibility index (Phi) is 6.57. The second-order valence-corrected chi connectivity index (χ2v) is 5.25. The molecule has 0 saturated heterocycles. The highest BCUT2D eigenvalue weighted by atomic mass is 16.3. The fourth-order valence-electron chi connectivity index (χ4n) is 2.06. The summed E-state index contributed by atoms with van der Waals surface area (Å²) in [5, 5.41) is 12.6. The number of nitrogens with one attached hydrogen (secondary N) is 1. The minimum absolute atomic E-state index is 0.0444. The van der Waals surface area contributed by atoms with E-state index in [1.165, 1.54) is 0 Å². The van der Waals surface area contributed by atoms with Crippen molar-refractivity contribution in [2.45, 2.75) is 45.6 Å². The van der Waals surface area contributed by atoms with E-state index in [2.05, 4.69) is 5.32 Å². The summed E-state index contributed by atoms with van der Waals surface area (Å²) in [7, 11) is 0. The van der Waals surface area contributed by atoms with Gasteiger partial charge in [0.25, 0.3) is 0 Å². The third-order valence-electron chi connectivity index (χ3n) is 3.48. The Labute approximate surface area is 116 Å². The zero-order chi connectivity index (χ0) is 14.3. The van der Waals surface area contributed by atoms with E-state index in [-0.39, 0.29) is 23.8 Å². The summed E-state index contributed by atoms with van der Waals surface area (Å²) < 4.78 is 0. The van der Waals surface area contributed by atoms with Gasteiger partial charge >= 0.3 is 0 Å². The van der Waals surface area contributed by atoms with E-state index in [9.17, 15) is 9.90 Å². The second-order valence-electron chi connectivity index (χ2n) is 5.25. The van der Waals surface area contributed by atoms with E-state index < -0.39 is 0 Å². The molecule has 3 heteroatoms. The first kappa shape index (κ1) is 15.7. The lowest BCUT2D eigenvalue weighted by atomic mass is 9.93. The van der Waals surface area contributed by atoms with Crippen LogP contribution >= 0.6 is 0 Å². The first-order chi connectivity index (χ1) is 9.04. The SMILES string of the molecule is CCC(C)C(=O)NCC(CC(C)O)c1ccccc1. The van der Waals surface area contributed by atoms with Gasteiger partial charge in [0.15, 0.2) is 0 Å². The van der Waals surface area contributed by atoms with Gasteiger partial charge in [-0.3, -0.25) is 4.79 Å². The number of benzene rings is 1. The molecule has 0 radical (unpaired) electrons. The van der Waals surface area contributed by atoms with Gasteiger partial charge in [-0.1, -0.05) is 44.2 Å². The van der Waals surface area contributed by atoms with E-state index in [0.29, 0.717) is 13.0 Å². The number of amides is 1. The molecule has 0 heterocycles. The quantitative estimate of drug-likeness (QED) is 0.794. The van der Waals surface area contributed by atoms with Crippen LogP contribution in [0, 0.1) is 5.92 Å². The van der Waals surface area contributed by atoms with Crippen molar-refractivity contribution in [2.24, 2.45) is 5.92 Å². The summed E-state index contributed by atoms with van der Waals surface area (Å²) in [4.78, 5) is 11.8. The number of carbonyl (C=O) groups is 1. The molecule has 0 aliphatic rings. The minimum Gasteiger partial charge on any atom is -0.393 e. The number of carbonyl (C=O) groups excluding carboxylic acids is 1. The van der Waals surface area contributed by atoms with Crippen LogP contribution in [0.4, 0.5) is 0 Å². The summed E-state index contributed by atoms with van der Waals surface area (Å²) in [5.74, 6) is 0.297. The van der Waals surface area contributed by atoms with Crippen LogP contribution in [0.3, 0.4) is 0 Å². The van der Waals surface area contributed by atoms with Gasteiger partial charge in [0, 0.05) is 18.4 Å². The lowest BCUT2D eigenvalue weighted by molar-refractivity contribution is -0.124. The van der Waals surface area contributed by atoms with Crippen molar-refractivity contribution in [1.82, 2.24) is 5.32 Å². The Morgan fingerprint density at radius 2 is 1.89 bits per heavy atom. The van der Waals surface area contributed by atoms with Crippen molar-refractivity contribution in [1.29, 1.82) is 0 Å².